The van der Waals surface area contributed by atoms with Gasteiger partial charge in [0.15, 0.2) is 0 Å². The summed E-state index contributed by atoms with van der Waals surface area (Å²) in [6.45, 7) is 4.16. The van der Waals surface area contributed by atoms with E-state index in [9.17, 15) is 18.7 Å². The van der Waals surface area contributed by atoms with E-state index in [0.29, 0.717) is 6.54 Å². The number of hydrogen-bond donors (Lipinski definition) is 2. The fraction of sp³-hybridized carbons (Fsp3) is 0.765. The summed E-state index contributed by atoms with van der Waals surface area (Å²) in [4.78, 5) is 12.5. The van der Waals surface area contributed by atoms with Crippen LogP contribution in [0.4, 0.5) is 8.78 Å². The minimum atomic E-state index is -2.75. The summed E-state index contributed by atoms with van der Waals surface area (Å²) >= 11 is 0. The second-order valence-electron chi connectivity index (χ2n) is 6.98. The molecule has 0 saturated heterocycles. The molecule has 0 aliphatic heterocycles. The number of carbonyl (C=O) groups excluding carboxylic acids is 1. The average molecular weight is 343 g/mol. The maximum atomic E-state index is 13.4. The summed E-state index contributed by atoms with van der Waals surface area (Å²) in [6, 6.07) is -0.177. The highest BCUT2D eigenvalue weighted by atomic mass is 19.3. The zero-order valence-electron chi connectivity index (χ0n) is 14.3. The third kappa shape index (κ3) is 4.53. The summed E-state index contributed by atoms with van der Waals surface area (Å²) in [5.41, 5.74) is -0.387. The van der Waals surface area contributed by atoms with Crippen molar-refractivity contribution >= 4 is 5.91 Å². The Hall–Kier alpha value is -1.50. The molecule has 1 heterocycles. The largest absolute Gasteiger partial charge is 0.396 e. The number of carbonyl (C=O) groups is 1. The molecule has 1 saturated carbocycles. The quantitative estimate of drug-likeness (QED) is 0.780. The molecule has 1 amide bonds. The van der Waals surface area contributed by atoms with Gasteiger partial charge in [-0.2, -0.15) is 5.10 Å². The van der Waals surface area contributed by atoms with Gasteiger partial charge in [-0.15, -0.1) is 0 Å². The number of nitrogens with zero attached hydrogens (tertiary/aromatic N) is 2. The first-order chi connectivity index (χ1) is 11.4. The maximum Gasteiger partial charge on any atom is 0.280 e. The number of aromatic nitrogens is 2. The normalized spacial score (nSPS) is 22.0. The highest BCUT2D eigenvalue weighted by molar-refractivity contribution is 5.95. The van der Waals surface area contributed by atoms with Crippen LogP contribution in [0.3, 0.4) is 0 Å². The Balaban J connectivity index is 2.18. The first-order valence-electron chi connectivity index (χ1n) is 8.69. The van der Waals surface area contributed by atoms with Crippen LogP contribution in [-0.2, 0) is 6.54 Å². The second-order valence-corrected chi connectivity index (χ2v) is 6.98. The van der Waals surface area contributed by atoms with Gasteiger partial charge in [-0.3, -0.25) is 9.48 Å². The highest BCUT2D eigenvalue weighted by Crippen LogP contribution is 2.26. The molecule has 5 nitrogen and oxygen atoms in total. The van der Waals surface area contributed by atoms with Gasteiger partial charge in [0.2, 0.25) is 0 Å². The van der Waals surface area contributed by atoms with E-state index in [4.69, 9.17) is 0 Å². The zero-order chi connectivity index (χ0) is 17.7. The Morgan fingerprint density at radius 1 is 1.38 bits per heavy atom. The summed E-state index contributed by atoms with van der Waals surface area (Å²) in [5, 5.41) is 16.4. The number of nitrogens with one attached hydrogen (secondary N) is 1. The molecule has 1 aromatic rings. The molecular weight excluding hydrogens is 316 g/mol. The van der Waals surface area contributed by atoms with E-state index in [1.165, 1.54) is 10.9 Å². The Bertz CT molecular complexity index is 546. The predicted molar refractivity (Wildman–Crippen MR) is 86.9 cm³/mol. The van der Waals surface area contributed by atoms with Crippen molar-refractivity contribution in [2.24, 2.45) is 11.8 Å². The zero-order valence-corrected chi connectivity index (χ0v) is 14.3. The third-order valence-corrected chi connectivity index (χ3v) is 4.58. The first-order valence-corrected chi connectivity index (χ1v) is 8.69. The van der Waals surface area contributed by atoms with E-state index in [0.717, 1.165) is 32.1 Å². The molecular formula is C17H27F2N3O2. The van der Waals surface area contributed by atoms with Gasteiger partial charge >= 0.3 is 0 Å². The van der Waals surface area contributed by atoms with E-state index in [2.05, 4.69) is 10.4 Å². The maximum absolute atomic E-state index is 13.4. The van der Waals surface area contributed by atoms with Crippen molar-refractivity contribution < 1.29 is 18.7 Å². The number of rotatable bonds is 6. The molecule has 0 bridgehead atoms. The standard InChI is InChI=1S/C17H27F2N3O2/c1-11(2)9-22-15(16(18)19)13(8-20-22)17(24)21-14-7-5-3-4-6-12(14)10-23/h8,11-12,14,16,23H,3-7,9-10H2,1-2H3,(H,21,24). The SMILES string of the molecule is CC(C)Cn1ncc(C(=O)NC2CCCCCC2CO)c1C(F)F. The van der Waals surface area contributed by atoms with Crippen LogP contribution in [0.1, 0.15) is 68.4 Å². The van der Waals surface area contributed by atoms with Gasteiger partial charge < -0.3 is 10.4 Å². The van der Waals surface area contributed by atoms with Gasteiger partial charge in [0.05, 0.1) is 11.8 Å². The number of aliphatic hydroxyl groups is 1. The fourth-order valence-electron chi connectivity index (χ4n) is 3.33. The van der Waals surface area contributed by atoms with Crippen LogP contribution in [0.15, 0.2) is 6.20 Å². The average Bonchev–Trinajstić information content (AvgIpc) is 2.79. The van der Waals surface area contributed by atoms with E-state index in [-0.39, 0.29) is 35.7 Å². The van der Waals surface area contributed by atoms with Crippen molar-refractivity contribution in [2.45, 2.75) is 65.0 Å². The summed E-state index contributed by atoms with van der Waals surface area (Å²) in [5.74, 6) is -0.387. The van der Waals surface area contributed by atoms with E-state index in [1.54, 1.807) is 0 Å². The van der Waals surface area contributed by atoms with Crippen LogP contribution in [0.5, 0.6) is 0 Å². The van der Waals surface area contributed by atoms with Crippen LogP contribution < -0.4 is 5.32 Å². The van der Waals surface area contributed by atoms with Crippen LogP contribution in [0.2, 0.25) is 0 Å². The molecule has 1 aromatic heterocycles. The Kier molecular flexibility index (Phi) is 6.71. The lowest BCUT2D eigenvalue weighted by Crippen LogP contribution is -2.41. The van der Waals surface area contributed by atoms with E-state index < -0.39 is 12.3 Å². The molecule has 0 radical (unpaired) electrons. The van der Waals surface area contributed by atoms with Gasteiger partial charge in [0.25, 0.3) is 12.3 Å². The molecule has 1 aliphatic rings. The second kappa shape index (κ2) is 8.55. The van der Waals surface area contributed by atoms with Gasteiger partial charge in [-0.1, -0.05) is 33.1 Å². The molecule has 2 rings (SSSR count). The van der Waals surface area contributed by atoms with Gasteiger partial charge in [0, 0.05) is 25.1 Å². The fourth-order valence-corrected chi connectivity index (χ4v) is 3.33. The Morgan fingerprint density at radius 2 is 2.08 bits per heavy atom. The van der Waals surface area contributed by atoms with Gasteiger partial charge in [0.1, 0.15) is 5.69 Å². The van der Waals surface area contributed by atoms with Crippen molar-refractivity contribution in [3.8, 4) is 0 Å². The predicted octanol–water partition coefficient (Wildman–Crippen LogP) is 3.15. The molecule has 1 aliphatic carbocycles. The Morgan fingerprint density at radius 3 is 2.71 bits per heavy atom. The number of hydrogen-bond acceptors (Lipinski definition) is 3. The minimum absolute atomic E-state index is 0.000732. The molecule has 1 fully saturated rings. The molecule has 0 spiro atoms. The monoisotopic (exact) mass is 343 g/mol. The van der Waals surface area contributed by atoms with Crippen molar-refractivity contribution in [1.82, 2.24) is 15.1 Å². The number of alkyl halides is 2. The number of halogens is 2. The van der Waals surface area contributed by atoms with Crippen LogP contribution in [-0.4, -0.2) is 33.4 Å². The van der Waals surface area contributed by atoms with Gasteiger partial charge in [-0.25, -0.2) is 8.78 Å². The summed E-state index contributed by atoms with van der Waals surface area (Å²) in [7, 11) is 0. The Labute approximate surface area is 141 Å². The van der Waals surface area contributed by atoms with Crippen molar-refractivity contribution in [3.05, 3.63) is 17.5 Å². The van der Waals surface area contributed by atoms with Crippen molar-refractivity contribution in [2.75, 3.05) is 6.61 Å². The molecule has 7 heteroatoms. The molecule has 2 unspecified atom stereocenters. The minimum Gasteiger partial charge on any atom is -0.396 e. The number of aliphatic hydroxyl groups excluding tert-OH is 1. The summed E-state index contributed by atoms with van der Waals surface area (Å²) in [6.07, 6.45) is 3.13. The molecule has 2 atom stereocenters. The van der Waals surface area contributed by atoms with Gasteiger partial charge in [-0.05, 0) is 18.8 Å². The first kappa shape index (κ1) is 18.8. The topological polar surface area (TPSA) is 67.2 Å². The lowest BCUT2D eigenvalue weighted by molar-refractivity contribution is 0.0882. The van der Waals surface area contributed by atoms with Crippen LogP contribution >= 0.6 is 0 Å². The van der Waals surface area contributed by atoms with Crippen LogP contribution in [0, 0.1) is 11.8 Å². The van der Waals surface area contributed by atoms with E-state index in [1.807, 2.05) is 13.8 Å². The molecule has 24 heavy (non-hydrogen) atoms. The lowest BCUT2D eigenvalue weighted by Gasteiger charge is -2.24. The molecule has 136 valence electrons. The lowest BCUT2D eigenvalue weighted by atomic mass is 9.95. The van der Waals surface area contributed by atoms with E-state index >= 15 is 0 Å². The third-order valence-electron chi connectivity index (χ3n) is 4.58. The molecule has 0 aromatic carbocycles. The van der Waals surface area contributed by atoms with Crippen molar-refractivity contribution in [3.63, 3.8) is 0 Å². The smallest absolute Gasteiger partial charge is 0.280 e. The van der Waals surface area contributed by atoms with Crippen LogP contribution in [0.25, 0.3) is 0 Å². The van der Waals surface area contributed by atoms with Crippen molar-refractivity contribution in [1.29, 1.82) is 0 Å². The molecule has 2 N–H and O–H groups in total. The highest BCUT2D eigenvalue weighted by Gasteiger charge is 2.29. The number of amides is 1. The summed E-state index contributed by atoms with van der Waals surface area (Å²) < 4.78 is 28.1.